The Hall–Kier alpha value is -1.39. The van der Waals surface area contributed by atoms with Gasteiger partial charge in [0.15, 0.2) is 0 Å². The molecule has 0 unspecified atom stereocenters. The lowest BCUT2D eigenvalue weighted by Gasteiger charge is -2.53. The molecule has 1 amide bonds. The molecule has 24 heavy (non-hydrogen) atoms. The summed E-state index contributed by atoms with van der Waals surface area (Å²) in [5, 5.41) is 3.09. The lowest BCUT2D eigenvalue weighted by atomic mass is 9.78. The molecule has 1 aromatic carbocycles. The van der Waals surface area contributed by atoms with Gasteiger partial charge in [-0.05, 0) is 25.5 Å². The number of nitrogens with zero attached hydrogens (tertiary/aromatic N) is 2. The second-order valence-corrected chi connectivity index (χ2v) is 7.36. The summed E-state index contributed by atoms with van der Waals surface area (Å²) >= 11 is 0. The first-order valence-corrected chi connectivity index (χ1v) is 9.45. The highest BCUT2D eigenvalue weighted by Gasteiger charge is 2.43. The standard InChI is InChI=1S/C20H31N3O/c1-21-13-10-19(24)22-14-15-23(16-18-8-4-2-5-9-18)20(17-22)11-6-3-7-12-20/h2,4-5,8-9,21H,3,6-7,10-17H2,1H3. The highest BCUT2D eigenvalue weighted by atomic mass is 16.2. The number of carbonyl (C=O) groups excluding carboxylic acids is 1. The molecular formula is C20H31N3O. The first-order chi connectivity index (χ1) is 11.7. The number of carbonyl (C=O) groups is 1. The largest absolute Gasteiger partial charge is 0.340 e. The Kier molecular flexibility index (Phi) is 5.90. The predicted molar refractivity (Wildman–Crippen MR) is 97.8 cm³/mol. The summed E-state index contributed by atoms with van der Waals surface area (Å²) in [6, 6.07) is 10.8. The van der Waals surface area contributed by atoms with Crippen LogP contribution in [-0.4, -0.2) is 54.5 Å². The van der Waals surface area contributed by atoms with Crippen LogP contribution in [-0.2, 0) is 11.3 Å². The van der Waals surface area contributed by atoms with Gasteiger partial charge in [-0.1, -0.05) is 49.6 Å². The van der Waals surface area contributed by atoms with Crippen LogP contribution in [0.3, 0.4) is 0 Å². The van der Waals surface area contributed by atoms with E-state index in [-0.39, 0.29) is 5.54 Å². The van der Waals surface area contributed by atoms with Gasteiger partial charge in [-0.25, -0.2) is 0 Å². The third-order valence-corrected chi connectivity index (χ3v) is 5.74. The smallest absolute Gasteiger partial charge is 0.223 e. The molecule has 1 saturated carbocycles. The quantitative estimate of drug-likeness (QED) is 0.902. The van der Waals surface area contributed by atoms with E-state index in [1.54, 1.807) is 0 Å². The number of piperazine rings is 1. The first kappa shape index (κ1) is 17.4. The van der Waals surface area contributed by atoms with Crippen molar-refractivity contribution in [3.8, 4) is 0 Å². The van der Waals surface area contributed by atoms with Crippen molar-refractivity contribution >= 4 is 5.91 Å². The fraction of sp³-hybridized carbons (Fsp3) is 0.650. The van der Waals surface area contributed by atoms with Crippen LogP contribution >= 0.6 is 0 Å². The second-order valence-electron chi connectivity index (χ2n) is 7.36. The van der Waals surface area contributed by atoms with Gasteiger partial charge in [0.2, 0.25) is 5.91 Å². The number of benzene rings is 1. The van der Waals surface area contributed by atoms with Crippen molar-refractivity contribution in [2.24, 2.45) is 0 Å². The molecule has 2 aliphatic rings. The van der Waals surface area contributed by atoms with Crippen LogP contribution in [0.25, 0.3) is 0 Å². The van der Waals surface area contributed by atoms with Crippen LogP contribution in [0, 0.1) is 0 Å². The molecule has 0 atom stereocenters. The topological polar surface area (TPSA) is 35.6 Å². The van der Waals surface area contributed by atoms with E-state index in [4.69, 9.17) is 0 Å². The number of nitrogens with one attached hydrogen (secondary N) is 1. The third kappa shape index (κ3) is 3.98. The van der Waals surface area contributed by atoms with Crippen molar-refractivity contribution in [3.63, 3.8) is 0 Å². The lowest BCUT2D eigenvalue weighted by Crippen LogP contribution is -2.63. The Bertz CT molecular complexity index is 525. The highest BCUT2D eigenvalue weighted by Crippen LogP contribution is 2.37. The molecule has 1 aliphatic heterocycles. The molecule has 1 spiro atoms. The average Bonchev–Trinajstić information content (AvgIpc) is 2.63. The van der Waals surface area contributed by atoms with Gasteiger partial charge < -0.3 is 10.2 Å². The Balaban J connectivity index is 1.72. The van der Waals surface area contributed by atoms with E-state index in [2.05, 4.69) is 45.4 Å². The van der Waals surface area contributed by atoms with Gasteiger partial charge in [0.1, 0.15) is 0 Å². The van der Waals surface area contributed by atoms with Crippen LogP contribution in [0.1, 0.15) is 44.1 Å². The van der Waals surface area contributed by atoms with Crippen molar-refractivity contribution in [1.29, 1.82) is 0 Å². The Morgan fingerprint density at radius 1 is 1.12 bits per heavy atom. The molecule has 2 fully saturated rings. The zero-order valence-electron chi connectivity index (χ0n) is 15.0. The number of hydrogen-bond acceptors (Lipinski definition) is 3. The Morgan fingerprint density at radius 2 is 1.88 bits per heavy atom. The summed E-state index contributed by atoms with van der Waals surface area (Å²) in [6.07, 6.45) is 7.01. The Labute approximate surface area is 146 Å². The molecule has 1 aliphatic carbocycles. The minimum Gasteiger partial charge on any atom is -0.340 e. The SMILES string of the molecule is CNCCC(=O)N1CCN(Cc2ccccc2)C2(CCCCC2)C1. The molecule has 1 heterocycles. The van der Waals surface area contributed by atoms with Crippen molar-refractivity contribution in [2.45, 2.75) is 50.6 Å². The van der Waals surface area contributed by atoms with Crippen molar-refractivity contribution in [1.82, 2.24) is 15.1 Å². The van der Waals surface area contributed by atoms with E-state index in [0.29, 0.717) is 12.3 Å². The lowest BCUT2D eigenvalue weighted by molar-refractivity contribution is -0.138. The van der Waals surface area contributed by atoms with Gasteiger partial charge in [0, 0.05) is 44.7 Å². The van der Waals surface area contributed by atoms with Gasteiger partial charge in [0.05, 0.1) is 0 Å². The molecule has 4 heteroatoms. The zero-order valence-corrected chi connectivity index (χ0v) is 15.0. The highest BCUT2D eigenvalue weighted by molar-refractivity contribution is 5.76. The number of amides is 1. The fourth-order valence-electron chi connectivity index (χ4n) is 4.35. The van der Waals surface area contributed by atoms with Crippen LogP contribution in [0.2, 0.25) is 0 Å². The van der Waals surface area contributed by atoms with Gasteiger partial charge in [-0.15, -0.1) is 0 Å². The number of hydrogen-bond donors (Lipinski definition) is 1. The van der Waals surface area contributed by atoms with Crippen LogP contribution in [0.15, 0.2) is 30.3 Å². The fourth-order valence-corrected chi connectivity index (χ4v) is 4.35. The molecule has 3 rings (SSSR count). The minimum atomic E-state index is 0.196. The molecule has 4 nitrogen and oxygen atoms in total. The minimum absolute atomic E-state index is 0.196. The molecule has 1 saturated heterocycles. The molecule has 0 radical (unpaired) electrons. The maximum Gasteiger partial charge on any atom is 0.223 e. The molecule has 1 aromatic rings. The summed E-state index contributed by atoms with van der Waals surface area (Å²) in [5.41, 5.74) is 1.58. The van der Waals surface area contributed by atoms with E-state index in [0.717, 1.165) is 32.7 Å². The normalized spacial score (nSPS) is 21.1. The molecule has 1 N–H and O–H groups in total. The molecular weight excluding hydrogens is 298 g/mol. The van der Waals surface area contributed by atoms with Gasteiger partial charge >= 0.3 is 0 Å². The van der Waals surface area contributed by atoms with E-state index in [1.165, 1.54) is 37.7 Å². The molecule has 132 valence electrons. The van der Waals surface area contributed by atoms with E-state index >= 15 is 0 Å². The second kappa shape index (κ2) is 8.13. The van der Waals surface area contributed by atoms with Crippen LogP contribution in [0.5, 0.6) is 0 Å². The van der Waals surface area contributed by atoms with E-state index in [1.807, 2.05) is 7.05 Å². The van der Waals surface area contributed by atoms with Gasteiger partial charge in [-0.3, -0.25) is 9.69 Å². The van der Waals surface area contributed by atoms with E-state index < -0.39 is 0 Å². The monoisotopic (exact) mass is 329 g/mol. The van der Waals surface area contributed by atoms with Gasteiger partial charge in [0.25, 0.3) is 0 Å². The van der Waals surface area contributed by atoms with Crippen LogP contribution < -0.4 is 5.32 Å². The average molecular weight is 329 g/mol. The summed E-state index contributed by atoms with van der Waals surface area (Å²) in [7, 11) is 1.91. The van der Waals surface area contributed by atoms with Gasteiger partial charge in [-0.2, -0.15) is 0 Å². The third-order valence-electron chi connectivity index (χ3n) is 5.74. The maximum atomic E-state index is 12.5. The maximum absolute atomic E-state index is 12.5. The Morgan fingerprint density at radius 3 is 2.58 bits per heavy atom. The first-order valence-electron chi connectivity index (χ1n) is 9.45. The van der Waals surface area contributed by atoms with Crippen molar-refractivity contribution in [2.75, 3.05) is 33.2 Å². The van der Waals surface area contributed by atoms with Crippen molar-refractivity contribution in [3.05, 3.63) is 35.9 Å². The zero-order chi connectivity index (χ0) is 16.8. The summed E-state index contributed by atoms with van der Waals surface area (Å²) in [5.74, 6) is 0.314. The summed E-state index contributed by atoms with van der Waals surface area (Å²) in [6.45, 7) is 4.58. The molecule has 0 aromatic heterocycles. The molecule has 0 bridgehead atoms. The summed E-state index contributed by atoms with van der Waals surface area (Å²) in [4.78, 5) is 17.3. The van der Waals surface area contributed by atoms with E-state index in [9.17, 15) is 4.79 Å². The van der Waals surface area contributed by atoms with Crippen molar-refractivity contribution < 1.29 is 4.79 Å². The van der Waals surface area contributed by atoms with Crippen LogP contribution in [0.4, 0.5) is 0 Å². The number of rotatable bonds is 5. The summed E-state index contributed by atoms with van der Waals surface area (Å²) < 4.78 is 0. The predicted octanol–water partition coefficient (Wildman–Crippen LogP) is 2.64.